The molecule has 2 aromatic carbocycles. The van der Waals surface area contributed by atoms with Crippen LogP contribution in [-0.2, 0) is 29.2 Å². The van der Waals surface area contributed by atoms with Crippen molar-refractivity contribution in [1.82, 2.24) is 25.3 Å². The largest absolute Gasteiger partial charge is 0.497 e. The van der Waals surface area contributed by atoms with E-state index in [0.29, 0.717) is 37.8 Å². The fraction of sp³-hybridized carbons (Fsp3) is 0.429. The van der Waals surface area contributed by atoms with E-state index in [9.17, 15) is 9.59 Å². The standard InChI is InChI=1S/C28H33N5O4/c1-36-24-9-7-22(8-10-24)27-30-25(37-31-27)19-32-14-11-23(12-15-32)28(35)29-17-20-4-2-5-21(16-20)18-33-13-3-6-26(33)34/h2,4-5,7-10,16,23H,3,6,11-15,17-19H2,1H3,(H,29,35). The first-order valence-electron chi connectivity index (χ1n) is 12.9. The van der Waals surface area contributed by atoms with Crippen LogP contribution >= 0.6 is 0 Å². The highest BCUT2D eigenvalue weighted by atomic mass is 16.5. The molecule has 0 atom stereocenters. The Morgan fingerprint density at radius 1 is 1.08 bits per heavy atom. The molecule has 9 heteroatoms. The van der Waals surface area contributed by atoms with E-state index >= 15 is 0 Å². The SMILES string of the molecule is COc1ccc(-c2noc(CN3CCC(C(=O)NCc4cccc(CN5CCCC5=O)c4)CC3)n2)cc1. The summed E-state index contributed by atoms with van der Waals surface area (Å²) in [6.45, 7) is 4.14. The van der Waals surface area contributed by atoms with Gasteiger partial charge in [0, 0.05) is 37.5 Å². The number of carbonyl (C=O) groups excluding carboxylic acids is 2. The Morgan fingerprint density at radius 2 is 1.86 bits per heavy atom. The molecular weight excluding hydrogens is 470 g/mol. The molecule has 1 aromatic heterocycles. The maximum absolute atomic E-state index is 12.8. The lowest BCUT2D eigenvalue weighted by Gasteiger charge is -2.30. The molecule has 0 saturated carbocycles. The van der Waals surface area contributed by atoms with Gasteiger partial charge in [-0.1, -0.05) is 29.4 Å². The Bertz CT molecular complexity index is 1220. The average Bonchev–Trinajstić information content (AvgIpc) is 3.57. The van der Waals surface area contributed by atoms with Crippen LogP contribution in [0.3, 0.4) is 0 Å². The number of nitrogens with one attached hydrogen (secondary N) is 1. The van der Waals surface area contributed by atoms with Gasteiger partial charge in [-0.3, -0.25) is 14.5 Å². The van der Waals surface area contributed by atoms with Crippen molar-refractivity contribution in [2.75, 3.05) is 26.7 Å². The van der Waals surface area contributed by atoms with Crippen molar-refractivity contribution in [3.63, 3.8) is 0 Å². The molecule has 0 aliphatic carbocycles. The van der Waals surface area contributed by atoms with Gasteiger partial charge in [-0.2, -0.15) is 4.98 Å². The van der Waals surface area contributed by atoms with Gasteiger partial charge >= 0.3 is 0 Å². The first-order chi connectivity index (χ1) is 18.1. The molecule has 0 bridgehead atoms. The monoisotopic (exact) mass is 503 g/mol. The third-order valence-electron chi connectivity index (χ3n) is 7.14. The first kappa shape index (κ1) is 25.0. The number of nitrogens with zero attached hydrogens (tertiary/aromatic N) is 4. The smallest absolute Gasteiger partial charge is 0.241 e. The maximum atomic E-state index is 12.8. The van der Waals surface area contributed by atoms with E-state index in [1.54, 1.807) is 7.11 Å². The number of rotatable bonds is 9. The number of ether oxygens (including phenoxy) is 1. The summed E-state index contributed by atoms with van der Waals surface area (Å²) in [6, 6.07) is 15.7. The lowest BCUT2D eigenvalue weighted by molar-refractivity contribution is -0.128. The van der Waals surface area contributed by atoms with E-state index < -0.39 is 0 Å². The fourth-order valence-corrected chi connectivity index (χ4v) is 4.98. The molecule has 1 N–H and O–H groups in total. The van der Waals surface area contributed by atoms with Gasteiger partial charge < -0.3 is 19.5 Å². The summed E-state index contributed by atoms with van der Waals surface area (Å²) in [6.07, 6.45) is 3.17. The molecule has 2 fully saturated rings. The third kappa shape index (κ3) is 6.35. The van der Waals surface area contributed by atoms with Crippen LogP contribution in [0.25, 0.3) is 11.4 Å². The Labute approximate surface area is 216 Å². The first-order valence-corrected chi connectivity index (χ1v) is 12.9. The zero-order valence-corrected chi connectivity index (χ0v) is 21.2. The molecule has 3 aromatic rings. The quantitative estimate of drug-likeness (QED) is 0.478. The Balaban J connectivity index is 1.06. The second kappa shape index (κ2) is 11.6. The van der Waals surface area contributed by atoms with Gasteiger partial charge in [0.2, 0.25) is 23.5 Å². The number of likely N-dealkylation sites (tertiary alicyclic amines) is 2. The third-order valence-corrected chi connectivity index (χ3v) is 7.14. The summed E-state index contributed by atoms with van der Waals surface area (Å²) in [7, 11) is 1.63. The topological polar surface area (TPSA) is 101 Å². The predicted octanol–water partition coefficient (Wildman–Crippen LogP) is 3.40. The van der Waals surface area contributed by atoms with Crippen molar-refractivity contribution >= 4 is 11.8 Å². The highest BCUT2D eigenvalue weighted by Crippen LogP contribution is 2.22. The molecule has 0 spiro atoms. The molecular formula is C28H33N5O4. The number of hydrogen-bond donors (Lipinski definition) is 1. The van der Waals surface area contributed by atoms with Crippen LogP contribution in [-0.4, -0.2) is 58.5 Å². The van der Waals surface area contributed by atoms with Crippen LogP contribution in [0.5, 0.6) is 5.75 Å². The zero-order valence-electron chi connectivity index (χ0n) is 21.2. The molecule has 2 aliphatic rings. The lowest BCUT2D eigenvalue weighted by Crippen LogP contribution is -2.40. The van der Waals surface area contributed by atoms with Crippen LogP contribution in [0.15, 0.2) is 53.1 Å². The molecule has 9 nitrogen and oxygen atoms in total. The number of amides is 2. The summed E-state index contributed by atoms with van der Waals surface area (Å²) in [5.41, 5.74) is 3.03. The molecule has 0 radical (unpaired) electrons. The summed E-state index contributed by atoms with van der Waals surface area (Å²) < 4.78 is 10.7. The van der Waals surface area contributed by atoms with Crippen LogP contribution in [0.4, 0.5) is 0 Å². The Kier molecular flexibility index (Phi) is 7.79. The highest BCUT2D eigenvalue weighted by Gasteiger charge is 2.26. The van der Waals surface area contributed by atoms with Gasteiger partial charge in [-0.15, -0.1) is 0 Å². The van der Waals surface area contributed by atoms with Crippen molar-refractivity contribution in [2.24, 2.45) is 5.92 Å². The fourth-order valence-electron chi connectivity index (χ4n) is 4.98. The molecule has 3 heterocycles. The number of methoxy groups -OCH3 is 1. The molecule has 0 unspecified atom stereocenters. The van der Waals surface area contributed by atoms with Gasteiger partial charge in [-0.25, -0.2) is 0 Å². The van der Waals surface area contributed by atoms with Crippen LogP contribution in [0.2, 0.25) is 0 Å². The van der Waals surface area contributed by atoms with Crippen molar-refractivity contribution in [3.8, 4) is 17.1 Å². The zero-order chi connectivity index (χ0) is 25.6. The molecule has 2 aliphatic heterocycles. The number of piperidine rings is 1. The normalized spacial score (nSPS) is 16.8. The van der Waals surface area contributed by atoms with Crippen LogP contribution in [0.1, 0.15) is 42.7 Å². The lowest BCUT2D eigenvalue weighted by atomic mass is 9.96. The van der Waals surface area contributed by atoms with E-state index in [0.717, 1.165) is 61.3 Å². The minimum absolute atomic E-state index is 0.000741. The predicted molar refractivity (Wildman–Crippen MR) is 137 cm³/mol. The van der Waals surface area contributed by atoms with Crippen molar-refractivity contribution in [3.05, 3.63) is 65.5 Å². The number of aromatic nitrogens is 2. The van der Waals surface area contributed by atoms with E-state index in [-0.39, 0.29) is 17.7 Å². The Morgan fingerprint density at radius 3 is 2.59 bits per heavy atom. The van der Waals surface area contributed by atoms with Gasteiger partial charge in [0.15, 0.2) is 0 Å². The van der Waals surface area contributed by atoms with Crippen molar-refractivity contribution in [1.29, 1.82) is 0 Å². The number of hydrogen-bond acceptors (Lipinski definition) is 7. The summed E-state index contributed by atoms with van der Waals surface area (Å²) >= 11 is 0. The molecule has 5 rings (SSSR count). The second-order valence-corrected chi connectivity index (χ2v) is 9.75. The van der Waals surface area contributed by atoms with Crippen LogP contribution < -0.4 is 10.1 Å². The van der Waals surface area contributed by atoms with Gasteiger partial charge in [-0.05, 0) is 67.7 Å². The average molecular weight is 504 g/mol. The number of carbonyl (C=O) groups is 2. The second-order valence-electron chi connectivity index (χ2n) is 9.75. The molecule has 194 valence electrons. The molecule has 2 saturated heterocycles. The molecule has 37 heavy (non-hydrogen) atoms. The summed E-state index contributed by atoms with van der Waals surface area (Å²) in [4.78, 5) is 33.4. The van der Waals surface area contributed by atoms with E-state index in [4.69, 9.17) is 9.26 Å². The van der Waals surface area contributed by atoms with Crippen molar-refractivity contribution in [2.45, 2.75) is 45.3 Å². The van der Waals surface area contributed by atoms with Gasteiger partial charge in [0.25, 0.3) is 0 Å². The molecule has 2 amide bonds. The highest BCUT2D eigenvalue weighted by molar-refractivity contribution is 5.79. The van der Waals surface area contributed by atoms with Gasteiger partial charge in [0.1, 0.15) is 5.75 Å². The summed E-state index contributed by atoms with van der Waals surface area (Å²) in [5, 5.41) is 7.21. The minimum Gasteiger partial charge on any atom is -0.497 e. The maximum Gasteiger partial charge on any atom is 0.241 e. The Hall–Kier alpha value is -3.72. The van der Waals surface area contributed by atoms with Crippen LogP contribution in [0, 0.1) is 5.92 Å². The van der Waals surface area contributed by atoms with Gasteiger partial charge in [0.05, 0.1) is 13.7 Å². The summed E-state index contributed by atoms with van der Waals surface area (Å²) in [5.74, 6) is 2.23. The van der Waals surface area contributed by atoms with Crippen molar-refractivity contribution < 1.29 is 18.8 Å². The number of benzene rings is 2. The van der Waals surface area contributed by atoms with E-state index in [1.165, 1.54) is 0 Å². The minimum atomic E-state index is -0.000741. The van der Waals surface area contributed by atoms with E-state index in [1.807, 2.05) is 47.4 Å². The van der Waals surface area contributed by atoms with E-state index in [2.05, 4.69) is 26.4 Å².